The summed E-state index contributed by atoms with van der Waals surface area (Å²) >= 11 is 0. The van der Waals surface area contributed by atoms with Crippen LogP contribution < -0.4 is 10.6 Å². The van der Waals surface area contributed by atoms with E-state index in [4.69, 9.17) is 0 Å². The molecule has 1 aromatic rings. The Hall–Kier alpha value is -1.29. The molecule has 0 aliphatic heterocycles. The third kappa shape index (κ3) is 5.04. The van der Waals surface area contributed by atoms with Crippen LogP contribution in [0.2, 0.25) is 0 Å². The quantitative estimate of drug-likeness (QED) is 0.752. The second-order valence-electron chi connectivity index (χ2n) is 4.61. The third-order valence-corrected chi connectivity index (χ3v) is 2.50. The topological polar surface area (TPSA) is 46.1 Å². The van der Waals surface area contributed by atoms with Gasteiger partial charge in [-0.15, -0.1) is 0 Å². The molecule has 2 N–H and O–H groups in total. The van der Waals surface area contributed by atoms with E-state index in [-0.39, 0.29) is 5.91 Å². The minimum atomic E-state index is 0.0765. The molecule has 1 rings (SSSR count). The van der Waals surface area contributed by atoms with Gasteiger partial charge in [0.2, 0.25) is 5.91 Å². The molecule has 0 aliphatic carbocycles. The van der Waals surface area contributed by atoms with Crippen LogP contribution in [0.25, 0.3) is 0 Å². The fraction of sp³-hybridized carbons (Fsp3) is 0.615. The van der Waals surface area contributed by atoms with E-state index in [1.165, 1.54) is 0 Å². The lowest BCUT2D eigenvalue weighted by Gasteiger charge is -2.11. The van der Waals surface area contributed by atoms with E-state index in [0.29, 0.717) is 12.5 Å². The molecule has 4 nitrogen and oxygen atoms in total. The predicted octanol–water partition coefficient (Wildman–Crippen LogP) is 1.37. The molecule has 17 heavy (non-hydrogen) atoms. The molecule has 0 spiro atoms. The van der Waals surface area contributed by atoms with Crippen LogP contribution in [-0.4, -0.2) is 23.6 Å². The summed E-state index contributed by atoms with van der Waals surface area (Å²) in [6.07, 6.45) is 1.95. The van der Waals surface area contributed by atoms with E-state index in [1.54, 1.807) is 0 Å². The molecular formula is C13H23N3O. The molecule has 0 bridgehead atoms. The Morgan fingerprint density at radius 2 is 2.24 bits per heavy atom. The van der Waals surface area contributed by atoms with Crippen LogP contribution in [0, 0.1) is 5.92 Å². The number of rotatable bonds is 7. The van der Waals surface area contributed by atoms with Crippen molar-refractivity contribution in [2.75, 3.05) is 13.1 Å². The molecule has 0 fully saturated rings. The summed E-state index contributed by atoms with van der Waals surface area (Å²) in [5, 5.41) is 6.19. The number of carbonyl (C=O) groups is 1. The lowest BCUT2D eigenvalue weighted by molar-refractivity contribution is -0.121. The fourth-order valence-electron chi connectivity index (χ4n) is 1.55. The van der Waals surface area contributed by atoms with E-state index in [9.17, 15) is 4.79 Å². The Labute approximate surface area is 103 Å². The minimum Gasteiger partial charge on any atom is -0.354 e. The number of amides is 1. The monoisotopic (exact) mass is 237 g/mol. The Morgan fingerprint density at radius 3 is 2.88 bits per heavy atom. The Balaban J connectivity index is 2.44. The first kappa shape index (κ1) is 13.8. The van der Waals surface area contributed by atoms with Crippen molar-refractivity contribution in [2.45, 2.75) is 33.9 Å². The number of hydrogen-bond donors (Lipinski definition) is 2. The summed E-state index contributed by atoms with van der Waals surface area (Å²) < 4.78 is 1.98. The van der Waals surface area contributed by atoms with Gasteiger partial charge in [0.15, 0.2) is 0 Å². The van der Waals surface area contributed by atoms with Crippen molar-refractivity contribution in [3.05, 3.63) is 24.0 Å². The van der Waals surface area contributed by atoms with Crippen molar-refractivity contribution in [1.82, 2.24) is 15.2 Å². The van der Waals surface area contributed by atoms with E-state index in [1.807, 2.05) is 22.9 Å². The van der Waals surface area contributed by atoms with Crippen LogP contribution in [-0.2, 0) is 17.9 Å². The summed E-state index contributed by atoms with van der Waals surface area (Å²) in [5.41, 5.74) is 1.14. The number of nitrogens with one attached hydrogen (secondary N) is 2. The van der Waals surface area contributed by atoms with Crippen molar-refractivity contribution < 1.29 is 4.79 Å². The van der Waals surface area contributed by atoms with Crippen molar-refractivity contribution in [2.24, 2.45) is 5.92 Å². The van der Waals surface area contributed by atoms with Crippen molar-refractivity contribution in [3.8, 4) is 0 Å². The molecule has 4 heteroatoms. The predicted molar refractivity (Wildman–Crippen MR) is 69.7 cm³/mol. The average molecular weight is 237 g/mol. The largest absolute Gasteiger partial charge is 0.354 e. The molecular weight excluding hydrogens is 214 g/mol. The van der Waals surface area contributed by atoms with Crippen molar-refractivity contribution in [3.63, 3.8) is 0 Å². The molecule has 96 valence electrons. The highest BCUT2D eigenvalue weighted by Crippen LogP contribution is 2.01. The van der Waals surface area contributed by atoms with E-state index in [2.05, 4.69) is 31.4 Å². The summed E-state index contributed by atoms with van der Waals surface area (Å²) in [6, 6.07) is 4.01. The van der Waals surface area contributed by atoms with Gasteiger partial charge in [0, 0.05) is 25.0 Å². The van der Waals surface area contributed by atoms with Crippen LogP contribution in [0.4, 0.5) is 0 Å². The Bertz CT molecular complexity index is 344. The minimum absolute atomic E-state index is 0.0765. The molecule has 0 atom stereocenters. The fourth-order valence-corrected chi connectivity index (χ4v) is 1.55. The zero-order valence-electron chi connectivity index (χ0n) is 11.0. The van der Waals surface area contributed by atoms with E-state index < -0.39 is 0 Å². The maximum atomic E-state index is 11.7. The van der Waals surface area contributed by atoms with Gasteiger partial charge in [0.1, 0.15) is 6.54 Å². The van der Waals surface area contributed by atoms with Gasteiger partial charge in [-0.05, 0) is 24.6 Å². The van der Waals surface area contributed by atoms with Crippen LogP contribution in [0.5, 0.6) is 0 Å². The number of carbonyl (C=O) groups excluding carboxylic acids is 1. The first-order valence-electron chi connectivity index (χ1n) is 6.25. The Morgan fingerprint density at radius 1 is 1.47 bits per heavy atom. The van der Waals surface area contributed by atoms with Gasteiger partial charge >= 0.3 is 0 Å². The number of nitrogens with zero attached hydrogens (tertiary/aromatic N) is 1. The van der Waals surface area contributed by atoms with Gasteiger partial charge in [0.25, 0.3) is 0 Å². The standard InChI is InChI=1S/C13H23N3O/c1-4-14-9-12-6-5-7-16(12)10-13(17)15-8-11(2)3/h5-7,11,14H,4,8-10H2,1-3H3,(H,15,17). The Kier molecular flexibility index (Phi) is 5.77. The van der Waals surface area contributed by atoms with Gasteiger partial charge in [-0.3, -0.25) is 4.79 Å². The molecule has 0 radical (unpaired) electrons. The molecule has 0 aliphatic rings. The van der Waals surface area contributed by atoms with Gasteiger partial charge in [-0.25, -0.2) is 0 Å². The normalized spacial score (nSPS) is 10.8. The van der Waals surface area contributed by atoms with E-state index >= 15 is 0 Å². The average Bonchev–Trinajstić information content (AvgIpc) is 2.71. The highest BCUT2D eigenvalue weighted by Gasteiger charge is 2.06. The van der Waals surface area contributed by atoms with Gasteiger partial charge in [0.05, 0.1) is 0 Å². The lowest BCUT2D eigenvalue weighted by Crippen LogP contribution is -2.31. The van der Waals surface area contributed by atoms with Crippen LogP contribution in [0.3, 0.4) is 0 Å². The highest BCUT2D eigenvalue weighted by atomic mass is 16.1. The van der Waals surface area contributed by atoms with Crippen molar-refractivity contribution >= 4 is 5.91 Å². The first-order valence-corrected chi connectivity index (χ1v) is 6.25. The van der Waals surface area contributed by atoms with Gasteiger partial charge in [-0.1, -0.05) is 20.8 Å². The summed E-state index contributed by atoms with van der Waals surface area (Å²) in [5.74, 6) is 0.567. The number of aromatic nitrogens is 1. The maximum Gasteiger partial charge on any atom is 0.239 e. The van der Waals surface area contributed by atoms with Gasteiger partial charge in [-0.2, -0.15) is 0 Å². The number of hydrogen-bond acceptors (Lipinski definition) is 2. The first-order chi connectivity index (χ1) is 8.13. The third-order valence-electron chi connectivity index (χ3n) is 2.50. The van der Waals surface area contributed by atoms with Crippen LogP contribution in [0.15, 0.2) is 18.3 Å². The molecule has 1 aromatic heterocycles. The molecule has 1 amide bonds. The molecule has 1 heterocycles. The maximum absolute atomic E-state index is 11.7. The summed E-state index contributed by atoms with van der Waals surface area (Å²) in [6.45, 7) is 9.14. The zero-order chi connectivity index (χ0) is 12.7. The molecule has 0 unspecified atom stereocenters. The van der Waals surface area contributed by atoms with Crippen molar-refractivity contribution in [1.29, 1.82) is 0 Å². The van der Waals surface area contributed by atoms with Crippen LogP contribution >= 0.6 is 0 Å². The SMILES string of the molecule is CCNCc1cccn1CC(=O)NCC(C)C. The van der Waals surface area contributed by atoms with Crippen LogP contribution in [0.1, 0.15) is 26.5 Å². The van der Waals surface area contributed by atoms with E-state index in [0.717, 1.165) is 25.3 Å². The smallest absolute Gasteiger partial charge is 0.239 e. The zero-order valence-corrected chi connectivity index (χ0v) is 11.0. The highest BCUT2D eigenvalue weighted by molar-refractivity contribution is 5.75. The lowest BCUT2D eigenvalue weighted by atomic mass is 10.2. The molecule has 0 saturated heterocycles. The second kappa shape index (κ2) is 7.12. The van der Waals surface area contributed by atoms with Gasteiger partial charge < -0.3 is 15.2 Å². The summed E-state index contributed by atoms with van der Waals surface area (Å²) in [4.78, 5) is 11.7. The summed E-state index contributed by atoms with van der Waals surface area (Å²) in [7, 11) is 0. The molecule has 0 saturated carbocycles. The molecule has 0 aromatic carbocycles. The second-order valence-corrected chi connectivity index (χ2v) is 4.61.